The first-order valence-electron chi connectivity index (χ1n) is 5.52. The number of benzene rings is 1. The Morgan fingerprint density at radius 1 is 1.32 bits per heavy atom. The van der Waals surface area contributed by atoms with Gasteiger partial charge in [-0.05, 0) is 31.2 Å². The minimum absolute atomic E-state index is 0.0205. The Morgan fingerprint density at radius 2 is 1.84 bits per heavy atom. The van der Waals surface area contributed by atoms with Crippen molar-refractivity contribution in [3.05, 3.63) is 35.4 Å². The van der Waals surface area contributed by atoms with Crippen LogP contribution in [-0.4, -0.2) is 34.9 Å². The van der Waals surface area contributed by atoms with Gasteiger partial charge in [-0.25, -0.2) is 0 Å². The van der Waals surface area contributed by atoms with E-state index in [1.54, 1.807) is 0 Å². The molecule has 0 aliphatic carbocycles. The first-order valence-corrected chi connectivity index (χ1v) is 5.52. The van der Waals surface area contributed by atoms with Crippen molar-refractivity contribution in [3.8, 4) is 0 Å². The number of alkyl halides is 3. The lowest BCUT2D eigenvalue weighted by atomic mass is 10.1. The predicted molar refractivity (Wildman–Crippen MR) is 61.5 cm³/mol. The fourth-order valence-electron chi connectivity index (χ4n) is 1.38. The van der Waals surface area contributed by atoms with Crippen LogP contribution in [0.15, 0.2) is 24.3 Å². The molecule has 0 fully saturated rings. The molecule has 0 bridgehead atoms. The van der Waals surface area contributed by atoms with Crippen LogP contribution in [0.1, 0.15) is 22.8 Å². The highest BCUT2D eigenvalue weighted by molar-refractivity contribution is 5.94. The molecule has 0 aliphatic heterocycles. The Kier molecular flexibility index (Phi) is 4.90. The Labute approximate surface area is 107 Å². The molecular weight excluding hydrogens is 263 g/mol. The van der Waals surface area contributed by atoms with Crippen molar-refractivity contribution in [2.75, 3.05) is 6.61 Å². The average molecular weight is 277 g/mol. The molecule has 19 heavy (non-hydrogen) atoms. The quantitative estimate of drug-likeness (QED) is 0.774. The van der Waals surface area contributed by atoms with Gasteiger partial charge in [-0.1, -0.05) is 0 Å². The molecule has 2 unspecified atom stereocenters. The summed E-state index contributed by atoms with van der Waals surface area (Å²) in [5.74, 6) is -0.659. The van der Waals surface area contributed by atoms with E-state index in [-0.39, 0.29) is 5.56 Å². The van der Waals surface area contributed by atoms with E-state index >= 15 is 0 Å². The van der Waals surface area contributed by atoms with Crippen LogP contribution in [0.3, 0.4) is 0 Å². The van der Waals surface area contributed by atoms with Crippen LogP contribution in [0.25, 0.3) is 0 Å². The number of aliphatic hydroxyl groups excluding tert-OH is 2. The van der Waals surface area contributed by atoms with Gasteiger partial charge >= 0.3 is 6.18 Å². The van der Waals surface area contributed by atoms with E-state index < -0.39 is 36.4 Å². The number of rotatable bonds is 4. The zero-order chi connectivity index (χ0) is 14.6. The number of hydrogen-bond donors (Lipinski definition) is 3. The maximum atomic E-state index is 12.3. The Bertz CT molecular complexity index is 429. The molecule has 1 amide bonds. The molecule has 1 aromatic rings. The molecule has 0 spiro atoms. The van der Waals surface area contributed by atoms with Crippen LogP contribution in [-0.2, 0) is 6.18 Å². The molecule has 1 aromatic carbocycles. The van der Waals surface area contributed by atoms with E-state index in [1.807, 2.05) is 0 Å². The van der Waals surface area contributed by atoms with Crippen molar-refractivity contribution in [2.45, 2.75) is 25.2 Å². The minimum Gasteiger partial charge on any atom is -0.394 e. The van der Waals surface area contributed by atoms with Crippen LogP contribution < -0.4 is 5.32 Å². The van der Waals surface area contributed by atoms with Gasteiger partial charge in [0.1, 0.15) is 0 Å². The van der Waals surface area contributed by atoms with E-state index in [0.717, 1.165) is 24.3 Å². The first-order chi connectivity index (χ1) is 8.75. The van der Waals surface area contributed by atoms with Gasteiger partial charge in [-0.15, -0.1) is 0 Å². The summed E-state index contributed by atoms with van der Waals surface area (Å²) in [4.78, 5) is 11.7. The molecule has 4 nitrogen and oxygen atoms in total. The zero-order valence-corrected chi connectivity index (χ0v) is 10.1. The van der Waals surface area contributed by atoms with E-state index in [4.69, 9.17) is 5.11 Å². The Morgan fingerprint density at radius 3 is 2.21 bits per heavy atom. The molecule has 0 heterocycles. The molecule has 7 heteroatoms. The minimum atomic E-state index is -4.46. The standard InChI is InChI=1S/C12H14F3NO3/c1-7(18)10(6-17)16-11(19)8-2-4-9(5-3-8)12(13,14)15/h2-5,7,10,17-18H,6H2,1H3,(H,16,19). The van der Waals surface area contributed by atoms with Gasteiger partial charge < -0.3 is 15.5 Å². The van der Waals surface area contributed by atoms with Crippen molar-refractivity contribution < 1.29 is 28.2 Å². The largest absolute Gasteiger partial charge is 0.416 e. The average Bonchev–Trinajstić information content (AvgIpc) is 2.34. The summed E-state index contributed by atoms with van der Waals surface area (Å²) < 4.78 is 37.0. The fraction of sp³-hybridized carbons (Fsp3) is 0.417. The SMILES string of the molecule is CC(O)C(CO)NC(=O)c1ccc(C(F)(F)F)cc1. The van der Waals surface area contributed by atoms with Gasteiger partial charge in [0, 0.05) is 5.56 Å². The number of aliphatic hydroxyl groups is 2. The summed E-state index contributed by atoms with van der Waals surface area (Å²) in [6.45, 7) is 0.915. The van der Waals surface area contributed by atoms with E-state index in [1.165, 1.54) is 6.92 Å². The van der Waals surface area contributed by atoms with Crippen molar-refractivity contribution in [2.24, 2.45) is 0 Å². The van der Waals surface area contributed by atoms with Crippen LogP contribution in [0.2, 0.25) is 0 Å². The van der Waals surface area contributed by atoms with Gasteiger partial charge in [0.25, 0.3) is 5.91 Å². The summed E-state index contributed by atoms with van der Waals surface area (Å²) in [7, 11) is 0. The highest BCUT2D eigenvalue weighted by Gasteiger charge is 2.30. The molecule has 0 aromatic heterocycles. The van der Waals surface area contributed by atoms with E-state index in [0.29, 0.717) is 0 Å². The van der Waals surface area contributed by atoms with Crippen molar-refractivity contribution in [1.82, 2.24) is 5.32 Å². The maximum Gasteiger partial charge on any atom is 0.416 e. The number of halogens is 3. The second kappa shape index (κ2) is 6.03. The normalized spacial score (nSPS) is 14.8. The molecule has 0 radical (unpaired) electrons. The smallest absolute Gasteiger partial charge is 0.394 e. The van der Waals surface area contributed by atoms with Gasteiger partial charge in [0.2, 0.25) is 0 Å². The van der Waals surface area contributed by atoms with Gasteiger partial charge in [-0.3, -0.25) is 4.79 Å². The topological polar surface area (TPSA) is 69.6 Å². The number of carbonyl (C=O) groups is 1. The molecule has 2 atom stereocenters. The second-order valence-electron chi connectivity index (χ2n) is 4.08. The molecular formula is C12H14F3NO3. The predicted octanol–water partition coefficient (Wildman–Crippen LogP) is 1.18. The zero-order valence-electron chi connectivity index (χ0n) is 10.1. The number of nitrogens with one attached hydrogen (secondary N) is 1. The highest BCUT2D eigenvalue weighted by atomic mass is 19.4. The van der Waals surface area contributed by atoms with Gasteiger partial charge in [0.05, 0.1) is 24.3 Å². The van der Waals surface area contributed by atoms with Crippen molar-refractivity contribution in [3.63, 3.8) is 0 Å². The summed E-state index contributed by atoms with van der Waals surface area (Å²) in [6.07, 6.45) is -5.43. The van der Waals surface area contributed by atoms with E-state index in [9.17, 15) is 23.1 Å². The van der Waals surface area contributed by atoms with E-state index in [2.05, 4.69) is 5.32 Å². The molecule has 0 saturated carbocycles. The summed E-state index contributed by atoms with van der Waals surface area (Å²) in [6, 6.07) is 2.80. The number of carbonyl (C=O) groups excluding carboxylic acids is 1. The van der Waals surface area contributed by atoms with Crippen molar-refractivity contribution >= 4 is 5.91 Å². The summed E-state index contributed by atoms with van der Waals surface area (Å²) in [5.41, 5.74) is -0.828. The molecule has 106 valence electrons. The lowest BCUT2D eigenvalue weighted by Crippen LogP contribution is -2.44. The summed E-state index contributed by atoms with van der Waals surface area (Å²) >= 11 is 0. The second-order valence-corrected chi connectivity index (χ2v) is 4.08. The number of amides is 1. The van der Waals surface area contributed by atoms with Crippen LogP contribution >= 0.6 is 0 Å². The fourth-order valence-corrected chi connectivity index (χ4v) is 1.38. The van der Waals surface area contributed by atoms with Gasteiger partial charge in [-0.2, -0.15) is 13.2 Å². The van der Waals surface area contributed by atoms with Gasteiger partial charge in [0.15, 0.2) is 0 Å². The monoisotopic (exact) mass is 277 g/mol. The molecule has 0 saturated heterocycles. The Hall–Kier alpha value is -1.60. The van der Waals surface area contributed by atoms with Crippen LogP contribution in [0.4, 0.5) is 13.2 Å². The third kappa shape index (κ3) is 4.22. The summed E-state index contributed by atoms with van der Waals surface area (Å²) in [5, 5.41) is 20.5. The molecule has 0 aliphatic rings. The van der Waals surface area contributed by atoms with Crippen LogP contribution in [0, 0.1) is 0 Å². The Balaban J connectivity index is 2.78. The number of hydrogen-bond acceptors (Lipinski definition) is 3. The third-order valence-corrected chi connectivity index (χ3v) is 2.57. The lowest BCUT2D eigenvalue weighted by molar-refractivity contribution is -0.137. The maximum absolute atomic E-state index is 12.3. The molecule has 3 N–H and O–H groups in total. The third-order valence-electron chi connectivity index (χ3n) is 2.57. The lowest BCUT2D eigenvalue weighted by Gasteiger charge is -2.19. The first kappa shape index (κ1) is 15.5. The van der Waals surface area contributed by atoms with Crippen molar-refractivity contribution in [1.29, 1.82) is 0 Å². The van der Waals surface area contributed by atoms with Crippen LogP contribution in [0.5, 0.6) is 0 Å². The molecule has 1 rings (SSSR count). The highest BCUT2D eigenvalue weighted by Crippen LogP contribution is 2.29.